The fourth-order valence-corrected chi connectivity index (χ4v) is 1.93. The summed E-state index contributed by atoms with van der Waals surface area (Å²) in [6.45, 7) is 1.52. The number of methoxy groups -OCH3 is 1. The molecule has 0 unspecified atom stereocenters. The molecule has 2 aromatic rings. The Bertz CT molecular complexity index is 678. The molecule has 0 spiro atoms. The number of nitrogens with one attached hydrogen (secondary N) is 1. The van der Waals surface area contributed by atoms with Gasteiger partial charge in [0, 0.05) is 13.2 Å². The van der Waals surface area contributed by atoms with Gasteiger partial charge < -0.3 is 19.4 Å². The molecule has 1 amide bonds. The Labute approximate surface area is 128 Å². The summed E-state index contributed by atoms with van der Waals surface area (Å²) in [6.07, 6.45) is 0.809. The van der Waals surface area contributed by atoms with Crippen LogP contribution in [0, 0.1) is 0 Å². The number of anilines is 1. The Hall–Kier alpha value is -2.76. The first-order chi connectivity index (χ1) is 10.5. The number of rotatable bonds is 5. The number of nitrogens with zero attached hydrogens (tertiary/aromatic N) is 1. The minimum atomic E-state index is -0.924. The third-order valence-corrected chi connectivity index (χ3v) is 3.17. The van der Waals surface area contributed by atoms with Crippen LogP contribution in [-0.4, -0.2) is 29.7 Å². The largest absolute Gasteiger partial charge is 0.495 e. The molecule has 6 nitrogen and oxygen atoms in total. The summed E-state index contributed by atoms with van der Waals surface area (Å²) in [5, 5.41) is 2.68. The van der Waals surface area contributed by atoms with Crippen molar-refractivity contribution in [2.24, 2.45) is 7.05 Å². The van der Waals surface area contributed by atoms with Gasteiger partial charge in [0.1, 0.15) is 11.4 Å². The van der Waals surface area contributed by atoms with Gasteiger partial charge in [0.2, 0.25) is 0 Å². The van der Waals surface area contributed by atoms with Gasteiger partial charge in [-0.1, -0.05) is 12.1 Å². The molecule has 116 valence electrons. The molecule has 0 saturated carbocycles. The van der Waals surface area contributed by atoms with Gasteiger partial charge in [-0.25, -0.2) is 4.79 Å². The predicted octanol–water partition coefficient (Wildman–Crippen LogP) is 2.22. The average Bonchev–Trinajstić information content (AvgIpc) is 2.93. The first kappa shape index (κ1) is 15.6. The van der Waals surface area contributed by atoms with Crippen molar-refractivity contribution in [3.8, 4) is 5.75 Å². The molecule has 6 heteroatoms. The number of aryl methyl sites for hydroxylation is 1. The summed E-state index contributed by atoms with van der Waals surface area (Å²) < 4.78 is 12.0. The van der Waals surface area contributed by atoms with Crippen molar-refractivity contribution < 1.29 is 19.1 Å². The van der Waals surface area contributed by atoms with Crippen LogP contribution in [0.1, 0.15) is 17.4 Å². The number of benzene rings is 1. The summed E-state index contributed by atoms with van der Waals surface area (Å²) >= 11 is 0. The molecule has 1 heterocycles. The van der Waals surface area contributed by atoms with Crippen molar-refractivity contribution in [3.05, 3.63) is 48.3 Å². The lowest BCUT2D eigenvalue weighted by molar-refractivity contribution is -0.123. The van der Waals surface area contributed by atoms with Crippen molar-refractivity contribution in [2.75, 3.05) is 12.4 Å². The van der Waals surface area contributed by atoms with E-state index >= 15 is 0 Å². The summed E-state index contributed by atoms with van der Waals surface area (Å²) in [5.74, 6) is -0.431. The summed E-state index contributed by atoms with van der Waals surface area (Å²) in [4.78, 5) is 24.1. The number of hydrogen-bond donors (Lipinski definition) is 1. The number of carbonyl (C=O) groups is 2. The number of aromatic nitrogens is 1. The van der Waals surface area contributed by atoms with Gasteiger partial charge in [0.25, 0.3) is 5.91 Å². The van der Waals surface area contributed by atoms with Crippen molar-refractivity contribution in [1.29, 1.82) is 0 Å². The molecule has 0 radical (unpaired) electrons. The van der Waals surface area contributed by atoms with E-state index in [0.717, 1.165) is 0 Å². The summed E-state index contributed by atoms with van der Waals surface area (Å²) in [7, 11) is 3.25. The fourth-order valence-electron chi connectivity index (χ4n) is 1.93. The standard InChI is InChI=1S/C16H18N2O4/c1-11(22-16(20)13-8-6-10-18(13)2)15(19)17-12-7-4-5-9-14(12)21-3/h4-11H,1-3H3,(H,17,19)/t11-/m1/s1. The second-order valence-corrected chi connectivity index (χ2v) is 4.74. The molecule has 1 N–H and O–H groups in total. The molecule has 0 aliphatic carbocycles. The molecule has 22 heavy (non-hydrogen) atoms. The van der Waals surface area contributed by atoms with E-state index in [1.165, 1.54) is 14.0 Å². The molecule has 1 aromatic heterocycles. The van der Waals surface area contributed by atoms with E-state index in [2.05, 4.69) is 5.32 Å². The Morgan fingerprint density at radius 2 is 1.91 bits per heavy atom. The Kier molecular flexibility index (Phi) is 4.83. The minimum absolute atomic E-state index is 0.386. The van der Waals surface area contributed by atoms with Gasteiger partial charge in [0.15, 0.2) is 6.10 Å². The van der Waals surface area contributed by atoms with E-state index in [9.17, 15) is 9.59 Å². The summed E-state index contributed by atoms with van der Waals surface area (Å²) in [5.41, 5.74) is 0.911. The van der Waals surface area contributed by atoms with Crippen LogP contribution in [-0.2, 0) is 16.6 Å². The number of esters is 1. The zero-order valence-corrected chi connectivity index (χ0v) is 12.7. The van der Waals surface area contributed by atoms with E-state index in [1.54, 1.807) is 54.2 Å². The molecule has 1 atom stereocenters. The quantitative estimate of drug-likeness (QED) is 0.860. The smallest absolute Gasteiger partial charge is 0.355 e. The molecule has 0 bridgehead atoms. The van der Waals surface area contributed by atoms with E-state index < -0.39 is 18.0 Å². The highest BCUT2D eigenvalue weighted by Gasteiger charge is 2.21. The maximum atomic E-state index is 12.1. The van der Waals surface area contributed by atoms with Crippen LogP contribution in [0.2, 0.25) is 0 Å². The Balaban J connectivity index is 2.01. The number of hydrogen-bond acceptors (Lipinski definition) is 4. The second kappa shape index (κ2) is 6.80. The molecule has 2 rings (SSSR count). The number of ether oxygens (including phenoxy) is 2. The monoisotopic (exact) mass is 302 g/mol. The maximum absolute atomic E-state index is 12.1. The summed E-state index contributed by atoms with van der Waals surface area (Å²) in [6, 6.07) is 10.4. The second-order valence-electron chi connectivity index (χ2n) is 4.74. The lowest BCUT2D eigenvalue weighted by Gasteiger charge is -2.15. The van der Waals surface area contributed by atoms with Gasteiger partial charge in [-0.2, -0.15) is 0 Å². The highest BCUT2D eigenvalue weighted by Crippen LogP contribution is 2.23. The number of amides is 1. The fraction of sp³-hybridized carbons (Fsp3) is 0.250. The molecule has 1 aromatic carbocycles. The van der Waals surface area contributed by atoms with Crippen LogP contribution in [0.5, 0.6) is 5.75 Å². The molecule has 0 fully saturated rings. The van der Waals surface area contributed by atoms with E-state index in [0.29, 0.717) is 17.1 Å². The van der Waals surface area contributed by atoms with Crippen molar-refractivity contribution >= 4 is 17.6 Å². The maximum Gasteiger partial charge on any atom is 0.355 e. The molecule has 0 aliphatic rings. The van der Waals surface area contributed by atoms with Crippen LogP contribution < -0.4 is 10.1 Å². The highest BCUT2D eigenvalue weighted by molar-refractivity contribution is 5.97. The van der Waals surface area contributed by atoms with Gasteiger partial charge in [-0.3, -0.25) is 4.79 Å². The average molecular weight is 302 g/mol. The lowest BCUT2D eigenvalue weighted by Crippen LogP contribution is -2.30. The minimum Gasteiger partial charge on any atom is -0.495 e. The van der Waals surface area contributed by atoms with Crippen LogP contribution in [0.3, 0.4) is 0 Å². The number of para-hydroxylation sites is 2. The molecular formula is C16H18N2O4. The van der Waals surface area contributed by atoms with Gasteiger partial charge in [0.05, 0.1) is 12.8 Å². The predicted molar refractivity (Wildman–Crippen MR) is 81.9 cm³/mol. The van der Waals surface area contributed by atoms with Crippen molar-refractivity contribution in [2.45, 2.75) is 13.0 Å². The highest BCUT2D eigenvalue weighted by atomic mass is 16.5. The zero-order valence-electron chi connectivity index (χ0n) is 12.7. The van der Waals surface area contributed by atoms with Gasteiger partial charge in [-0.05, 0) is 31.2 Å². The lowest BCUT2D eigenvalue weighted by atomic mass is 10.2. The first-order valence-corrected chi connectivity index (χ1v) is 6.79. The normalized spacial score (nSPS) is 11.6. The van der Waals surface area contributed by atoms with Crippen LogP contribution in [0.15, 0.2) is 42.6 Å². The molecular weight excluding hydrogens is 284 g/mol. The van der Waals surface area contributed by atoms with Crippen LogP contribution in [0.4, 0.5) is 5.69 Å². The van der Waals surface area contributed by atoms with Gasteiger partial charge >= 0.3 is 5.97 Å². The van der Waals surface area contributed by atoms with E-state index in [4.69, 9.17) is 9.47 Å². The Morgan fingerprint density at radius 3 is 2.55 bits per heavy atom. The third kappa shape index (κ3) is 3.46. The molecule has 0 aliphatic heterocycles. The van der Waals surface area contributed by atoms with Crippen molar-refractivity contribution in [1.82, 2.24) is 4.57 Å². The Morgan fingerprint density at radius 1 is 1.18 bits per heavy atom. The topological polar surface area (TPSA) is 69.6 Å². The van der Waals surface area contributed by atoms with E-state index in [-0.39, 0.29) is 0 Å². The van der Waals surface area contributed by atoms with Crippen molar-refractivity contribution in [3.63, 3.8) is 0 Å². The number of carbonyl (C=O) groups excluding carboxylic acids is 2. The van der Waals surface area contributed by atoms with Crippen LogP contribution in [0.25, 0.3) is 0 Å². The zero-order chi connectivity index (χ0) is 16.1. The SMILES string of the molecule is COc1ccccc1NC(=O)[C@@H](C)OC(=O)c1cccn1C. The third-order valence-electron chi connectivity index (χ3n) is 3.17. The molecule has 0 saturated heterocycles. The van der Waals surface area contributed by atoms with E-state index in [1.807, 2.05) is 0 Å². The first-order valence-electron chi connectivity index (χ1n) is 6.79. The van der Waals surface area contributed by atoms with Crippen LogP contribution >= 0.6 is 0 Å². The van der Waals surface area contributed by atoms with Gasteiger partial charge in [-0.15, -0.1) is 0 Å².